The van der Waals surface area contributed by atoms with Gasteiger partial charge in [0.25, 0.3) is 0 Å². The van der Waals surface area contributed by atoms with E-state index < -0.39 is 0 Å². The minimum atomic E-state index is -0.0288. The highest BCUT2D eigenvalue weighted by Crippen LogP contribution is 2.23. The van der Waals surface area contributed by atoms with Gasteiger partial charge in [0.2, 0.25) is 0 Å². The Morgan fingerprint density at radius 2 is 1.44 bits per heavy atom. The van der Waals surface area contributed by atoms with Crippen molar-refractivity contribution in [3.63, 3.8) is 0 Å². The van der Waals surface area contributed by atoms with Crippen LogP contribution in [0.5, 0.6) is 0 Å². The van der Waals surface area contributed by atoms with Gasteiger partial charge in [-0.3, -0.25) is 4.79 Å². The Balaban J connectivity index is 2.44. The van der Waals surface area contributed by atoms with Crippen LogP contribution in [-0.4, -0.2) is 12.1 Å². The molecule has 0 spiro atoms. The normalized spacial score (nSPS) is 27.9. The van der Waals surface area contributed by atoms with Crippen molar-refractivity contribution in [1.29, 1.82) is 0 Å². The van der Waals surface area contributed by atoms with E-state index in [1.54, 1.807) is 0 Å². The quantitative estimate of drug-likeness (QED) is 0.658. The molecule has 2 heteroatoms. The van der Waals surface area contributed by atoms with E-state index >= 15 is 0 Å². The third-order valence-electron chi connectivity index (χ3n) is 4.10. The topological polar surface area (TPSA) is 26.3 Å². The summed E-state index contributed by atoms with van der Waals surface area (Å²) >= 11 is 0. The maximum atomic E-state index is 11.5. The number of esters is 1. The third-order valence-corrected chi connectivity index (χ3v) is 4.10. The molecule has 1 aliphatic carbocycles. The van der Waals surface area contributed by atoms with Crippen molar-refractivity contribution in [2.45, 2.75) is 90.6 Å². The molecule has 0 aliphatic heterocycles. The van der Waals surface area contributed by atoms with Crippen LogP contribution in [0.3, 0.4) is 0 Å². The highest BCUT2D eigenvalue weighted by atomic mass is 16.5. The molecular formula is C16H30O2. The average Bonchev–Trinajstić information content (AvgIpc) is 2.37. The smallest absolute Gasteiger partial charge is 0.305 e. The summed E-state index contributed by atoms with van der Waals surface area (Å²) in [5.41, 5.74) is 0. The largest absolute Gasteiger partial charge is 0.462 e. The number of carbonyl (C=O) groups excluding carboxylic acids is 1. The van der Waals surface area contributed by atoms with Gasteiger partial charge in [-0.05, 0) is 25.2 Å². The Labute approximate surface area is 112 Å². The van der Waals surface area contributed by atoms with E-state index in [1.807, 2.05) is 6.92 Å². The molecule has 1 rings (SSSR count). The van der Waals surface area contributed by atoms with Crippen LogP contribution in [0.25, 0.3) is 0 Å². The predicted molar refractivity (Wildman–Crippen MR) is 75.5 cm³/mol. The van der Waals surface area contributed by atoms with Gasteiger partial charge in [0.1, 0.15) is 6.10 Å². The van der Waals surface area contributed by atoms with Gasteiger partial charge in [-0.15, -0.1) is 0 Å². The van der Waals surface area contributed by atoms with E-state index in [9.17, 15) is 4.79 Å². The Morgan fingerprint density at radius 1 is 0.944 bits per heavy atom. The summed E-state index contributed by atoms with van der Waals surface area (Å²) in [6, 6.07) is 0. The lowest BCUT2D eigenvalue weighted by molar-refractivity contribution is -0.151. The second kappa shape index (κ2) is 9.41. The molecule has 18 heavy (non-hydrogen) atoms. The molecule has 1 fully saturated rings. The van der Waals surface area contributed by atoms with Crippen LogP contribution in [-0.2, 0) is 9.53 Å². The molecule has 1 saturated carbocycles. The summed E-state index contributed by atoms with van der Waals surface area (Å²) < 4.78 is 5.62. The highest BCUT2D eigenvalue weighted by molar-refractivity contribution is 5.69. The number of rotatable bonds is 2. The van der Waals surface area contributed by atoms with Gasteiger partial charge >= 0.3 is 5.97 Å². The zero-order valence-corrected chi connectivity index (χ0v) is 12.2. The maximum absolute atomic E-state index is 11.5. The Kier molecular flexibility index (Phi) is 8.11. The Hall–Kier alpha value is -0.530. The van der Waals surface area contributed by atoms with Crippen molar-refractivity contribution >= 4 is 5.97 Å². The van der Waals surface area contributed by atoms with Crippen molar-refractivity contribution < 1.29 is 9.53 Å². The van der Waals surface area contributed by atoms with Crippen LogP contribution in [0.15, 0.2) is 0 Å². The summed E-state index contributed by atoms with van der Waals surface area (Å²) in [7, 11) is 0. The molecule has 2 nitrogen and oxygen atoms in total. The molecule has 0 bridgehead atoms. The number of hydrogen-bond donors (Lipinski definition) is 0. The van der Waals surface area contributed by atoms with Crippen molar-refractivity contribution in [2.24, 2.45) is 5.92 Å². The second-order valence-corrected chi connectivity index (χ2v) is 5.76. The minimum absolute atomic E-state index is 0.0288. The lowest BCUT2D eigenvalue weighted by Gasteiger charge is -2.24. The first-order chi connectivity index (χ1) is 8.74. The van der Waals surface area contributed by atoms with Gasteiger partial charge < -0.3 is 4.74 Å². The molecule has 0 N–H and O–H groups in total. The van der Waals surface area contributed by atoms with Crippen molar-refractivity contribution in [3.05, 3.63) is 0 Å². The Morgan fingerprint density at radius 3 is 2.00 bits per heavy atom. The van der Waals surface area contributed by atoms with Crippen LogP contribution < -0.4 is 0 Å². The molecule has 0 aromatic carbocycles. The zero-order chi connectivity index (χ0) is 13.2. The summed E-state index contributed by atoms with van der Waals surface area (Å²) in [5.74, 6) is 0.499. The molecule has 1 aliphatic rings. The standard InChI is InChI=1S/C16H30O2/c1-3-16(17)18-15-13-11-9-7-5-4-6-8-10-12-14(15)2/h14-15H,3-13H2,1-2H3/t14-,15?/m0/s1. The highest BCUT2D eigenvalue weighted by Gasteiger charge is 2.20. The van der Waals surface area contributed by atoms with Crippen LogP contribution >= 0.6 is 0 Å². The van der Waals surface area contributed by atoms with Gasteiger partial charge in [0.05, 0.1) is 0 Å². The van der Waals surface area contributed by atoms with Gasteiger partial charge in [0, 0.05) is 6.42 Å². The van der Waals surface area contributed by atoms with E-state index in [1.165, 1.54) is 57.8 Å². The molecule has 0 aromatic rings. The van der Waals surface area contributed by atoms with E-state index in [2.05, 4.69) is 6.92 Å². The zero-order valence-electron chi connectivity index (χ0n) is 12.2. The molecule has 106 valence electrons. The average molecular weight is 254 g/mol. The van der Waals surface area contributed by atoms with Crippen LogP contribution in [0.1, 0.15) is 84.5 Å². The molecule has 0 radical (unpaired) electrons. The number of ether oxygens (including phenoxy) is 1. The van der Waals surface area contributed by atoms with E-state index in [0.29, 0.717) is 12.3 Å². The van der Waals surface area contributed by atoms with E-state index in [0.717, 1.165) is 6.42 Å². The fourth-order valence-corrected chi connectivity index (χ4v) is 2.77. The fraction of sp³-hybridized carbons (Fsp3) is 0.938. The van der Waals surface area contributed by atoms with Gasteiger partial charge in [0.15, 0.2) is 0 Å². The van der Waals surface area contributed by atoms with Crippen LogP contribution in [0.2, 0.25) is 0 Å². The van der Waals surface area contributed by atoms with Crippen LogP contribution in [0.4, 0.5) is 0 Å². The van der Waals surface area contributed by atoms with Crippen molar-refractivity contribution in [1.82, 2.24) is 0 Å². The summed E-state index contributed by atoms with van der Waals surface area (Å²) in [5, 5.41) is 0. The monoisotopic (exact) mass is 254 g/mol. The van der Waals surface area contributed by atoms with Gasteiger partial charge in [-0.25, -0.2) is 0 Å². The molecule has 0 aromatic heterocycles. The number of carbonyl (C=O) groups is 1. The first-order valence-electron chi connectivity index (χ1n) is 7.93. The van der Waals surface area contributed by atoms with E-state index in [-0.39, 0.29) is 12.1 Å². The SMILES string of the molecule is CCC(=O)OC1CCCCCCCCCC[C@@H]1C. The summed E-state index contributed by atoms with van der Waals surface area (Å²) in [6.07, 6.45) is 13.6. The summed E-state index contributed by atoms with van der Waals surface area (Å²) in [4.78, 5) is 11.5. The molecule has 0 amide bonds. The molecular weight excluding hydrogens is 224 g/mol. The minimum Gasteiger partial charge on any atom is -0.462 e. The maximum Gasteiger partial charge on any atom is 0.305 e. The Bertz CT molecular complexity index is 225. The third kappa shape index (κ3) is 6.42. The lowest BCUT2D eigenvalue weighted by atomic mass is 9.92. The summed E-state index contributed by atoms with van der Waals surface area (Å²) in [6.45, 7) is 4.13. The van der Waals surface area contributed by atoms with Crippen molar-refractivity contribution in [2.75, 3.05) is 0 Å². The van der Waals surface area contributed by atoms with Crippen LogP contribution in [0, 0.1) is 5.92 Å². The van der Waals surface area contributed by atoms with Gasteiger partial charge in [-0.1, -0.05) is 58.8 Å². The number of hydrogen-bond acceptors (Lipinski definition) is 2. The molecule has 0 saturated heterocycles. The fourth-order valence-electron chi connectivity index (χ4n) is 2.77. The molecule has 2 atom stereocenters. The van der Waals surface area contributed by atoms with E-state index in [4.69, 9.17) is 4.74 Å². The lowest BCUT2D eigenvalue weighted by Crippen LogP contribution is -2.25. The van der Waals surface area contributed by atoms with Gasteiger partial charge in [-0.2, -0.15) is 0 Å². The molecule has 0 heterocycles. The molecule has 1 unspecified atom stereocenters. The first kappa shape index (κ1) is 15.5. The van der Waals surface area contributed by atoms with Crippen molar-refractivity contribution in [3.8, 4) is 0 Å². The predicted octanol–water partition coefficient (Wildman–Crippen LogP) is 4.86. The first-order valence-corrected chi connectivity index (χ1v) is 7.93. The second-order valence-electron chi connectivity index (χ2n) is 5.76.